The molecule has 4 rings (SSSR count). The number of piperidine rings is 1. The summed E-state index contributed by atoms with van der Waals surface area (Å²) in [5.41, 5.74) is 1.84. The first-order chi connectivity index (χ1) is 11.8. The van der Waals surface area contributed by atoms with Crippen molar-refractivity contribution in [3.05, 3.63) is 35.3 Å². The summed E-state index contributed by atoms with van der Waals surface area (Å²) in [6, 6.07) is 5.71. The molecule has 0 spiro atoms. The number of imidazole rings is 1. The van der Waals surface area contributed by atoms with E-state index in [2.05, 4.69) is 25.6 Å². The monoisotopic (exact) mass is 341 g/mol. The van der Waals surface area contributed by atoms with Crippen molar-refractivity contribution in [2.24, 2.45) is 5.92 Å². The van der Waals surface area contributed by atoms with Crippen molar-refractivity contribution < 1.29 is 4.79 Å². The smallest absolute Gasteiger partial charge is 0.253 e. The number of aromatic amines is 1. The van der Waals surface area contributed by atoms with Gasteiger partial charge < -0.3 is 15.6 Å². The van der Waals surface area contributed by atoms with Crippen LogP contribution in [-0.2, 0) is 0 Å². The van der Waals surface area contributed by atoms with E-state index in [-0.39, 0.29) is 5.91 Å². The van der Waals surface area contributed by atoms with Crippen LogP contribution in [0.4, 0.5) is 0 Å². The zero-order valence-electron chi connectivity index (χ0n) is 13.2. The van der Waals surface area contributed by atoms with Crippen LogP contribution in [0.2, 0.25) is 0 Å². The minimum atomic E-state index is -0.0859. The van der Waals surface area contributed by atoms with Gasteiger partial charge in [-0.2, -0.15) is 0 Å². The number of hydrogen-bond donors (Lipinski definition) is 3. The minimum Gasteiger partial charge on any atom is -0.352 e. The van der Waals surface area contributed by atoms with Crippen molar-refractivity contribution in [1.82, 2.24) is 25.6 Å². The molecule has 0 saturated carbocycles. The van der Waals surface area contributed by atoms with Crippen LogP contribution in [0, 0.1) is 5.92 Å². The highest BCUT2D eigenvalue weighted by atomic mass is 32.1. The quantitative estimate of drug-likeness (QED) is 0.680. The van der Waals surface area contributed by atoms with E-state index in [1.54, 1.807) is 23.6 Å². The second-order valence-electron chi connectivity index (χ2n) is 6.04. The fourth-order valence-electron chi connectivity index (χ4n) is 3.05. The molecular formula is C17H19N5OS. The SMILES string of the molecule is O=C(NCC1CCCNC1)c1ccnc2[nH]c(-c3cccs3)nc12. The molecule has 3 aromatic rings. The lowest BCUT2D eigenvalue weighted by molar-refractivity contribution is 0.0946. The fourth-order valence-corrected chi connectivity index (χ4v) is 3.72. The van der Waals surface area contributed by atoms with Crippen molar-refractivity contribution in [3.63, 3.8) is 0 Å². The van der Waals surface area contributed by atoms with Gasteiger partial charge in [0, 0.05) is 12.7 Å². The van der Waals surface area contributed by atoms with E-state index in [1.807, 2.05) is 17.5 Å². The molecule has 7 heteroatoms. The van der Waals surface area contributed by atoms with Crippen LogP contribution >= 0.6 is 11.3 Å². The molecule has 124 valence electrons. The molecular weight excluding hydrogens is 322 g/mol. The summed E-state index contributed by atoms with van der Waals surface area (Å²) in [7, 11) is 0. The molecule has 1 saturated heterocycles. The van der Waals surface area contributed by atoms with Crippen LogP contribution in [-0.4, -0.2) is 40.5 Å². The first kappa shape index (κ1) is 15.3. The number of nitrogens with zero attached hydrogens (tertiary/aromatic N) is 2. The Morgan fingerprint density at radius 1 is 1.42 bits per heavy atom. The lowest BCUT2D eigenvalue weighted by atomic mass is 10.00. The van der Waals surface area contributed by atoms with Gasteiger partial charge in [0.15, 0.2) is 5.65 Å². The first-order valence-corrected chi connectivity index (χ1v) is 9.07. The highest BCUT2D eigenvalue weighted by molar-refractivity contribution is 7.13. The van der Waals surface area contributed by atoms with E-state index in [0.29, 0.717) is 29.2 Å². The molecule has 6 nitrogen and oxygen atoms in total. The summed E-state index contributed by atoms with van der Waals surface area (Å²) in [6.45, 7) is 2.74. The highest BCUT2D eigenvalue weighted by Gasteiger charge is 2.18. The number of nitrogens with one attached hydrogen (secondary N) is 3. The number of pyridine rings is 1. The summed E-state index contributed by atoms with van der Waals surface area (Å²) in [5.74, 6) is 1.17. The van der Waals surface area contributed by atoms with E-state index in [0.717, 1.165) is 30.2 Å². The zero-order valence-corrected chi connectivity index (χ0v) is 14.0. The molecule has 1 unspecified atom stereocenters. The molecule has 0 bridgehead atoms. The fraction of sp³-hybridized carbons (Fsp3) is 0.353. The van der Waals surface area contributed by atoms with E-state index in [1.165, 1.54) is 6.42 Å². The number of aromatic nitrogens is 3. The largest absolute Gasteiger partial charge is 0.352 e. The van der Waals surface area contributed by atoms with Gasteiger partial charge in [-0.05, 0) is 49.4 Å². The van der Waals surface area contributed by atoms with Gasteiger partial charge in [0.1, 0.15) is 11.3 Å². The number of fused-ring (bicyclic) bond motifs is 1. The van der Waals surface area contributed by atoms with E-state index in [4.69, 9.17) is 0 Å². The van der Waals surface area contributed by atoms with Crippen molar-refractivity contribution in [3.8, 4) is 10.7 Å². The lowest BCUT2D eigenvalue weighted by Crippen LogP contribution is -2.38. The molecule has 4 heterocycles. The molecule has 1 aliphatic heterocycles. The molecule has 1 aliphatic rings. The third kappa shape index (κ3) is 3.05. The Balaban J connectivity index is 1.55. The zero-order chi connectivity index (χ0) is 16.4. The highest BCUT2D eigenvalue weighted by Crippen LogP contribution is 2.25. The maximum atomic E-state index is 12.6. The van der Waals surface area contributed by atoms with Gasteiger partial charge in [-0.15, -0.1) is 11.3 Å². The number of thiophene rings is 1. The van der Waals surface area contributed by atoms with Crippen LogP contribution in [0.15, 0.2) is 29.8 Å². The van der Waals surface area contributed by atoms with Gasteiger partial charge in [0.05, 0.1) is 10.4 Å². The second-order valence-corrected chi connectivity index (χ2v) is 6.99. The lowest BCUT2D eigenvalue weighted by Gasteiger charge is -2.22. The molecule has 0 aliphatic carbocycles. The topological polar surface area (TPSA) is 82.7 Å². The molecule has 24 heavy (non-hydrogen) atoms. The minimum absolute atomic E-state index is 0.0859. The third-order valence-corrected chi connectivity index (χ3v) is 5.21. The average Bonchev–Trinajstić information content (AvgIpc) is 3.29. The maximum absolute atomic E-state index is 12.6. The Morgan fingerprint density at radius 3 is 3.17 bits per heavy atom. The predicted molar refractivity (Wildman–Crippen MR) is 95.1 cm³/mol. The van der Waals surface area contributed by atoms with Crippen molar-refractivity contribution in [2.45, 2.75) is 12.8 Å². The van der Waals surface area contributed by atoms with Gasteiger partial charge in [-0.25, -0.2) is 9.97 Å². The van der Waals surface area contributed by atoms with Crippen molar-refractivity contribution in [1.29, 1.82) is 0 Å². The number of carbonyl (C=O) groups excluding carboxylic acids is 1. The van der Waals surface area contributed by atoms with Gasteiger partial charge in [-0.3, -0.25) is 4.79 Å². The first-order valence-electron chi connectivity index (χ1n) is 8.19. The summed E-state index contributed by atoms with van der Waals surface area (Å²) >= 11 is 1.61. The Morgan fingerprint density at radius 2 is 2.38 bits per heavy atom. The van der Waals surface area contributed by atoms with E-state index in [9.17, 15) is 4.79 Å². The number of rotatable bonds is 4. The summed E-state index contributed by atoms with van der Waals surface area (Å²) < 4.78 is 0. The van der Waals surface area contributed by atoms with Gasteiger partial charge >= 0.3 is 0 Å². The Labute approximate surface area is 143 Å². The molecule has 1 atom stereocenters. The number of H-pyrrole nitrogens is 1. The van der Waals surface area contributed by atoms with Crippen molar-refractivity contribution >= 4 is 28.4 Å². The molecule has 0 aromatic carbocycles. The van der Waals surface area contributed by atoms with Crippen LogP contribution in [0.25, 0.3) is 21.9 Å². The van der Waals surface area contributed by atoms with Crippen LogP contribution in [0.5, 0.6) is 0 Å². The molecule has 3 aromatic heterocycles. The standard InChI is InChI=1S/C17H19N5OS/c23-17(20-10-11-3-1-6-18-9-11)12-5-7-19-16-14(12)21-15(22-16)13-4-2-8-24-13/h2,4-5,7-8,11,18H,1,3,6,9-10H2,(H,20,23)(H,19,21,22). The summed E-state index contributed by atoms with van der Waals surface area (Å²) in [4.78, 5) is 25.7. The number of amides is 1. The summed E-state index contributed by atoms with van der Waals surface area (Å²) in [5, 5.41) is 8.42. The van der Waals surface area contributed by atoms with Crippen LogP contribution < -0.4 is 10.6 Å². The third-order valence-electron chi connectivity index (χ3n) is 4.33. The van der Waals surface area contributed by atoms with Gasteiger partial charge in [-0.1, -0.05) is 6.07 Å². The molecule has 0 radical (unpaired) electrons. The Kier molecular flexibility index (Phi) is 4.27. The molecule has 3 N–H and O–H groups in total. The van der Waals surface area contributed by atoms with E-state index >= 15 is 0 Å². The van der Waals surface area contributed by atoms with Crippen LogP contribution in [0.3, 0.4) is 0 Å². The van der Waals surface area contributed by atoms with Crippen LogP contribution in [0.1, 0.15) is 23.2 Å². The normalized spacial score (nSPS) is 17.9. The number of carbonyl (C=O) groups is 1. The van der Waals surface area contributed by atoms with E-state index < -0.39 is 0 Å². The molecule has 1 amide bonds. The average molecular weight is 341 g/mol. The Hall–Kier alpha value is -2.25. The van der Waals surface area contributed by atoms with Gasteiger partial charge in [0.25, 0.3) is 5.91 Å². The predicted octanol–water partition coefficient (Wildman–Crippen LogP) is 2.42. The van der Waals surface area contributed by atoms with Crippen molar-refractivity contribution in [2.75, 3.05) is 19.6 Å². The summed E-state index contributed by atoms with van der Waals surface area (Å²) in [6.07, 6.45) is 3.98. The second kappa shape index (κ2) is 6.70. The van der Waals surface area contributed by atoms with Gasteiger partial charge in [0.2, 0.25) is 0 Å². The number of hydrogen-bond acceptors (Lipinski definition) is 5. The Bertz CT molecular complexity index is 836. The molecule has 1 fully saturated rings. The maximum Gasteiger partial charge on any atom is 0.253 e.